The quantitative estimate of drug-likeness (QED) is 0.780. The summed E-state index contributed by atoms with van der Waals surface area (Å²) in [6.45, 7) is 0.229. The zero-order chi connectivity index (χ0) is 16.7. The van der Waals surface area contributed by atoms with E-state index in [9.17, 15) is 8.42 Å². The molecule has 7 heteroatoms. The topological polar surface area (TPSA) is 67.4 Å². The van der Waals surface area contributed by atoms with E-state index in [1.807, 2.05) is 30.3 Å². The third-order valence-electron chi connectivity index (χ3n) is 3.11. The highest BCUT2D eigenvalue weighted by Crippen LogP contribution is 2.16. The van der Waals surface area contributed by atoms with E-state index in [2.05, 4.69) is 10.6 Å². The van der Waals surface area contributed by atoms with Gasteiger partial charge in [0.05, 0.1) is 17.8 Å². The molecule has 0 unspecified atom stereocenters. The first kappa shape index (κ1) is 17.2. The first-order valence-corrected chi connectivity index (χ1v) is 9.04. The second kappa shape index (κ2) is 7.94. The van der Waals surface area contributed by atoms with Crippen LogP contribution >= 0.6 is 12.2 Å². The lowest BCUT2D eigenvalue weighted by Crippen LogP contribution is -2.32. The maximum absolute atomic E-state index is 12.2. The van der Waals surface area contributed by atoms with E-state index < -0.39 is 9.84 Å². The summed E-state index contributed by atoms with van der Waals surface area (Å²) in [6.07, 6.45) is 0. The number of nitrogens with one attached hydrogen (secondary N) is 2. The Hall–Kier alpha value is -2.12. The number of para-hydroxylation sites is 1. The van der Waals surface area contributed by atoms with Gasteiger partial charge in [0.15, 0.2) is 14.9 Å². The van der Waals surface area contributed by atoms with Crippen LogP contribution < -0.4 is 15.4 Å². The van der Waals surface area contributed by atoms with Gasteiger partial charge in [0.25, 0.3) is 0 Å². The lowest BCUT2D eigenvalue weighted by atomic mass is 10.3. The molecule has 2 aromatic rings. The van der Waals surface area contributed by atoms with Gasteiger partial charge in [0, 0.05) is 12.2 Å². The lowest BCUT2D eigenvalue weighted by molar-refractivity contribution is 0.414. The summed E-state index contributed by atoms with van der Waals surface area (Å²) in [6, 6.07) is 15.8. The SMILES string of the molecule is COc1ccc(S(=O)(=O)CCNC(=S)Nc2ccccc2)cc1. The highest BCUT2D eigenvalue weighted by molar-refractivity contribution is 7.91. The lowest BCUT2D eigenvalue weighted by Gasteiger charge is -2.11. The average Bonchev–Trinajstić information content (AvgIpc) is 2.55. The molecule has 5 nitrogen and oxygen atoms in total. The second-order valence-electron chi connectivity index (χ2n) is 4.74. The Bertz CT molecular complexity index is 745. The Morgan fingerprint density at radius 1 is 1.09 bits per heavy atom. The molecule has 0 aliphatic carbocycles. The number of thiocarbonyl (C=S) groups is 1. The summed E-state index contributed by atoms with van der Waals surface area (Å²) < 4.78 is 29.5. The molecule has 0 saturated carbocycles. The van der Waals surface area contributed by atoms with Crippen LogP contribution in [0.5, 0.6) is 5.75 Å². The van der Waals surface area contributed by atoms with E-state index in [1.165, 1.54) is 19.2 Å². The molecule has 0 aromatic heterocycles. The van der Waals surface area contributed by atoms with Crippen molar-refractivity contribution in [1.82, 2.24) is 5.32 Å². The summed E-state index contributed by atoms with van der Waals surface area (Å²) in [5.74, 6) is 0.575. The molecule has 23 heavy (non-hydrogen) atoms. The minimum absolute atomic E-state index is 0.0457. The molecule has 0 radical (unpaired) electrons. The smallest absolute Gasteiger partial charge is 0.180 e. The van der Waals surface area contributed by atoms with Crippen LogP contribution in [0.1, 0.15) is 0 Å². The van der Waals surface area contributed by atoms with E-state index in [-0.39, 0.29) is 17.2 Å². The maximum Gasteiger partial charge on any atom is 0.180 e. The fourth-order valence-electron chi connectivity index (χ4n) is 1.90. The van der Waals surface area contributed by atoms with E-state index in [0.717, 1.165) is 5.69 Å². The molecule has 0 heterocycles. The van der Waals surface area contributed by atoms with E-state index in [1.54, 1.807) is 12.1 Å². The Kier molecular flexibility index (Phi) is 5.95. The highest BCUT2D eigenvalue weighted by atomic mass is 32.2. The van der Waals surface area contributed by atoms with Crippen molar-refractivity contribution < 1.29 is 13.2 Å². The van der Waals surface area contributed by atoms with Gasteiger partial charge in [-0.2, -0.15) is 0 Å². The van der Waals surface area contributed by atoms with Gasteiger partial charge >= 0.3 is 0 Å². The van der Waals surface area contributed by atoms with Crippen LogP contribution in [0.25, 0.3) is 0 Å². The van der Waals surface area contributed by atoms with Crippen molar-refractivity contribution in [3.8, 4) is 5.75 Å². The number of anilines is 1. The normalized spacial score (nSPS) is 10.8. The van der Waals surface area contributed by atoms with Crippen LogP contribution in [0.2, 0.25) is 0 Å². The molecule has 2 rings (SSSR count). The van der Waals surface area contributed by atoms with E-state index in [4.69, 9.17) is 17.0 Å². The van der Waals surface area contributed by atoms with Gasteiger partial charge in [-0.3, -0.25) is 0 Å². The van der Waals surface area contributed by atoms with E-state index >= 15 is 0 Å². The zero-order valence-corrected chi connectivity index (χ0v) is 14.3. The van der Waals surface area contributed by atoms with Crippen LogP contribution in [-0.2, 0) is 9.84 Å². The summed E-state index contributed by atoms with van der Waals surface area (Å²) in [5, 5.41) is 6.28. The summed E-state index contributed by atoms with van der Waals surface area (Å²) >= 11 is 5.14. The molecule has 0 amide bonds. The van der Waals surface area contributed by atoms with Gasteiger partial charge in [0.1, 0.15) is 5.75 Å². The van der Waals surface area contributed by atoms with Gasteiger partial charge in [-0.15, -0.1) is 0 Å². The number of hydrogen-bond acceptors (Lipinski definition) is 4. The predicted molar refractivity (Wildman–Crippen MR) is 95.7 cm³/mol. The van der Waals surface area contributed by atoms with Gasteiger partial charge < -0.3 is 15.4 Å². The van der Waals surface area contributed by atoms with Crippen LogP contribution in [0.4, 0.5) is 5.69 Å². The molecule has 0 bridgehead atoms. The molecule has 0 spiro atoms. The number of rotatable bonds is 6. The van der Waals surface area contributed by atoms with Crippen LogP contribution in [-0.4, -0.2) is 32.9 Å². The third kappa shape index (κ3) is 5.22. The Morgan fingerprint density at radius 3 is 2.35 bits per heavy atom. The number of hydrogen-bond donors (Lipinski definition) is 2. The Labute approximate surface area is 141 Å². The van der Waals surface area contributed by atoms with Crippen molar-refractivity contribution in [2.45, 2.75) is 4.90 Å². The molecule has 0 fully saturated rings. The molecule has 0 saturated heterocycles. The molecular formula is C16H18N2O3S2. The Balaban J connectivity index is 1.85. The van der Waals surface area contributed by atoms with E-state index in [0.29, 0.717) is 10.9 Å². The van der Waals surface area contributed by atoms with Gasteiger partial charge in [-0.05, 0) is 48.6 Å². The van der Waals surface area contributed by atoms with Gasteiger partial charge in [-0.25, -0.2) is 8.42 Å². The van der Waals surface area contributed by atoms with Crippen molar-refractivity contribution in [1.29, 1.82) is 0 Å². The first-order chi connectivity index (χ1) is 11.0. The van der Waals surface area contributed by atoms with Crippen molar-refractivity contribution in [2.24, 2.45) is 0 Å². The third-order valence-corrected chi connectivity index (χ3v) is 5.08. The van der Waals surface area contributed by atoms with Crippen molar-refractivity contribution in [2.75, 3.05) is 24.7 Å². The van der Waals surface area contributed by atoms with Crippen molar-refractivity contribution >= 4 is 32.9 Å². The number of ether oxygens (including phenoxy) is 1. The molecular weight excluding hydrogens is 332 g/mol. The van der Waals surface area contributed by atoms with Gasteiger partial charge in [0.2, 0.25) is 0 Å². The Morgan fingerprint density at radius 2 is 1.74 bits per heavy atom. The first-order valence-electron chi connectivity index (χ1n) is 6.98. The summed E-state index contributed by atoms with van der Waals surface area (Å²) in [5.41, 5.74) is 0.850. The number of sulfone groups is 1. The average molecular weight is 350 g/mol. The predicted octanol–water partition coefficient (Wildman–Crippen LogP) is 2.46. The molecule has 2 aromatic carbocycles. The number of methoxy groups -OCH3 is 1. The fourth-order valence-corrected chi connectivity index (χ4v) is 3.27. The minimum atomic E-state index is -3.36. The minimum Gasteiger partial charge on any atom is -0.497 e. The molecule has 0 aliphatic rings. The van der Waals surface area contributed by atoms with Crippen molar-refractivity contribution in [3.63, 3.8) is 0 Å². The second-order valence-corrected chi connectivity index (χ2v) is 7.26. The maximum atomic E-state index is 12.2. The molecule has 2 N–H and O–H groups in total. The zero-order valence-electron chi connectivity index (χ0n) is 12.7. The molecule has 0 atom stereocenters. The largest absolute Gasteiger partial charge is 0.497 e. The fraction of sp³-hybridized carbons (Fsp3) is 0.188. The highest BCUT2D eigenvalue weighted by Gasteiger charge is 2.14. The van der Waals surface area contributed by atoms with Crippen molar-refractivity contribution in [3.05, 3.63) is 54.6 Å². The monoisotopic (exact) mass is 350 g/mol. The van der Waals surface area contributed by atoms with Crippen LogP contribution in [0.3, 0.4) is 0 Å². The van der Waals surface area contributed by atoms with Crippen LogP contribution in [0.15, 0.2) is 59.5 Å². The standard InChI is InChI=1S/C16H18N2O3S2/c1-21-14-7-9-15(10-8-14)23(19,20)12-11-17-16(22)18-13-5-3-2-4-6-13/h2-10H,11-12H2,1H3,(H2,17,18,22). The molecule has 122 valence electrons. The summed E-state index contributed by atoms with van der Waals surface area (Å²) in [7, 11) is -1.82. The number of benzene rings is 2. The summed E-state index contributed by atoms with van der Waals surface area (Å²) in [4.78, 5) is 0.266. The van der Waals surface area contributed by atoms with Crippen LogP contribution in [0, 0.1) is 0 Å². The molecule has 0 aliphatic heterocycles. The van der Waals surface area contributed by atoms with Gasteiger partial charge in [-0.1, -0.05) is 18.2 Å².